The number of halogens is 2. The molecule has 1 atom stereocenters. The molecule has 0 saturated heterocycles. The number of rotatable bonds is 10. The summed E-state index contributed by atoms with van der Waals surface area (Å²) in [5.41, 5.74) is 1.54. The molecule has 0 saturated carbocycles. The van der Waals surface area contributed by atoms with Crippen LogP contribution < -0.4 is 9.62 Å². The third-order valence-electron chi connectivity index (χ3n) is 5.84. The number of hydrogen-bond acceptors (Lipinski definition) is 4. The minimum atomic E-state index is -4.17. The first-order valence-corrected chi connectivity index (χ1v) is 13.5. The molecule has 0 aromatic heterocycles. The quantitative estimate of drug-likeness (QED) is 0.405. The molecule has 0 radical (unpaired) electrons. The van der Waals surface area contributed by atoms with Gasteiger partial charge in [-0.3, -0.25) is 13.9 Å². The lowest BCUT2D eigenvalue weighted by molar-refractivity contribution is -0.139. The smallest absolute Gasteiger partial charge is 0.264 e. The molecule has 196 valence electrons. The Kier molecular flexibility index (Phi) is 9.29. The van der Waals surface area contributed by atoms with E-state index < -0.39 is 40.2 Å². The Hall–Kier alpha value is -3.43. The van der Waals surface area contributed by atoms with Gasteiger partial charge in [0.2, 0.25) is 11.8 Å². The lowest BCUT2D eigenvalue weighted by Gasteiger charge is -2.32. The van der Waals surface area contributed by atoms with Crippen LogP contribution in [0.5, 0.6) is 0 Å². The predicted molar refractivity (Wildman–Crippen MR) is 142 cm³/mol. The molecule has 0 aliphatic rings. The average Bonchev–Trinajstić information content (AvgIpc) is 2.88. The summed E-state index contributed by atoms with van der Waals surface area (Å²) in [5.74, 6) is -1.44. The van der Waals surface area contributed by atoms with E-state index in [-0.39, 0.29) is 17.1 Å². The van der Waals surface area contributed by atoms with Crippen molar-refractivity contribution in [2.24, 2.45) is 0 Å². The van der Waals surface area contributed by atoms with Crippen LogP contribution in [0, 0.1) is 12.7 Å². The second-order valence-electron chi connectivity index (χ2n) is 8.48. The van der Waals surface area contributed by atoms with Crippen LogP contribution in [0.3, 0.4) is 0 Å². The van der Waals surface area contributed by atoms with Crippen LogP contribution in [0.25, 0.3) is 0 Å². The van der Waals surface area contributed by atoms with E-state index >= 15 is 0 Å². The summed E-state index contributed by atoms with van der Waals surface area (Å²) in [4.78, 5) is 27.7. The lowest BCUT2D eigenvalue weighted by atomic mass is 10.1. The number of benzene rings is 3. The number of nitrogens with zero attached hydrogens (tertiary/aromatic N) is 2. The molecule has 2 amide bonds. The monoisotopic (exact) mass is 545 g/mol. The highest BCUT2D eigenvalue weighted by Crippen LogP contribution is 2.28. The number of likely N-dealkylation sites (N-methyl/N-ethyl adjacent to an activating group) is 1. The molecular weight excluding hydrogens is 517 g/mol. The van der Waals surface area contributed by atoms with Crippen LogP contribution >= 0.6 is 11.6 Å². The summed E-state index contributed by atoms with van der Waals surface area (Å²) in [6, 6.07) is 17.1. The van der Waals surface area contributed by atoms with Gasteiger partial charge in [-0.25, -0.2) is 12.8 Å². The Morgan fingerprint density at radius 3 is 2.27 bits per heavy atom. The van der Waals surface area contributed by atoms with Crippen molar-refractivity contribution in [2.75, 3.05) is 17.4 Å². The van der Waals surface area contributed by atoms with E-state index in [9.17, 15) is 22.4 Å². The number of aryl methyl sites for hydroxylation is 1. The van der Waals surface area contributed by atoms with Crippen molar-refractivity contribution in [1.29, 1.82) is 0 Å². The molecule has 37 heavy (non-hydrogen) atoms. The number of carbonyl (C=O) groups is 2. The molecule has 3 aromatic rings. The van der Waals surface area contributed by atoms with Gasteiger partial charge in [0.1, 0.15) is 18.4 Å². The standard InChI is InChI=1S/C27H29ClFN3O4S/c1-4-30-27(34)20(3)31(17-21-11-13-22(29)14-12-21)26(33)18-32(23-15-10-19(2)25(28)16-23)37(35,36)24-8-6-5-7-9-24/h5-16,20H,4,17-18H2,1-3H3,(H,30,34)/t20-/m1/s1. The van der Waals surface area contributed by atoms with Crippen LogP contribution in [0.4, 0.5) is 10.1 Å². The number of anilines is 1. The minimum absolute atomic E-state index is 0.00126. The van der Waals surface area contributed by atoms with Gasteiger partial charge in [0.15, 0.2) is 0 Å². The first-order valence-electron chi connectivity index (χ1n) is 11.7. The van der Waals surface area contributed by atoms with E-state index in [0.29, 0.717) is 17.1 Å². The van der Waals surface area contributed by atoms with Crippen molar-refractivity contribution in [3.8, 4) is 0 Å². The van der Waals surface area contributed by atoms with Gasteiger partial charge in [-0.2, -0.15) is 0 Å². The summed E-state index contributed by atoms with van der Waals surface area (Å²) in [6.07, 6.45) is 0. The second-order valence-corrected chi connectivity index (χ2v) is 10.7. The zero-order chi connectivity index (χ0) is 27.2. The van der Waals surface area contributed by atoms with Crippen LogP contribution in [0.15, 0.2) is 77.7 Å². The van der Waals surface area contributed by atoms with E-state index in [0.717, 1.165) is 9.87 Å². The largest absolute Gasteiger partial charge is 0.355 e. The summed E-state index contributed by atoms with van der Waals surface area (Å²) in [5, 5.41) is 3.03. The van der Waals surface area contributed by atoms with Gasteiger partial charge >= 0.3 is 0 Å². The number of carbonyl (C=O) groups excluding carboxylic acids is 2. The van der Waals surface area contributed by atoms with Crippen LogP contribution in [0.1, 0.15) is 25.0 Å². The average molecular weight is 546 g/mol. The molecule has 0 unspecified atom stereocenters. The van der Waals surface area contributed by atoms with E-state index in [1.165, 1.54) is 47.4 Å². The topological polar surface area (TPSA) is 86.8 Å². The maximum Gasteiger partial charge on any atom is 0.264 e. The Bertz CT molecular complexity index is 1350. The fraction of sp³-hybridized carbons (Fsp3) is 0.259. The number of sulfonamides is 1. The van der Waals surface area contributed by atoms with Crippen molar-refractivity contribution in [3.05, 3.63) is 94.8 Å². The van der Waals surface area contributed by atoms with E-state index in [1.54, 1.807) is 51.1 Å². The van der Waals surface area contributed by atoms with Crippen molar-refractivity contribution in [3.63, 3.8) is 0 Å². The van der Waals surface area contributed by atoms with Gasteiger partial charge in [-0.15, -0.1) is 0 Å². The Balaban J connectivity index is 2.03. The normalized spacial score (nSPS) is 12.0. The fourth-order valence-corrected chi connectivity index (χ4v) is 5.28. The van der Waals surface area contributed by atoms with E-state index in [1.807, 2.05) is 0 Å². The van der Waals surface area contributed by atoms with Crippen molar-refractivity contribution in [2.45, 2.75) is 38.3 Å². The fourth-order valence-electron chi connectivity index (χ4n) is 3.68. The molecule has 3 aromatic carbocycles. The molecule has 0 aliphatic heterocycles. The molecule has 3 rings (SSSR count). The molecule has 10 heteroatoms. The van der Waals surface area contributed by atoms with E-state index in [4.69, 9.17) is 11.6 Å². The first-order chi connectivity index (χ1) is 17.5. The third-order valence-corrected chi connectivity index (χ3v) is 8.03. The highest BCUT2D eigenvalue weighted by Gasteiger charge is 2.32. The zero-order valence-electron chi connectivity index (χ0n) is 20.8. The summed E-state index contributed by atoms with van der Waals surface area (Å²) >= 11 is 6.30. The van der Waals surface area contributed by atoms with Crippen molar-refractivity contribution in [1.82, 2.24) is 10.2 Å². The molecule has 0 heterocycles. The molecule has 0 bridgehead atoms. The second kappa shape index (κ2) is 12.2. The van der Waals surface area contributed by atoms with Gasteiger partial charge in [0.05, 0.1) is 10.6 Å². The van der Waals surface area contributed by atoms with Crippen molar-refractivity contribution < 1.29 is 22.4 Å². The van der Waals surface area contributed by atoms with Crippen LogP contribution in [0.2, 0.25) is 5.02 Å². The lowest BCUT2D eigenvalue weighted by Crippen LogP contribution is -2.51. The highest BCUT2D eigenvalue weighted by atomic mass is 35.5. The summed E-state index contributed by atoms with van der Waals surface area (Å²) in [7, 11) is -4.17. The van der Waals surface area contributed by atoms with Gasteiger partial charge in [0, 0.05) is 18.1 Å². The SMILES string of the molecule is CCNC(=O)[C@@H](C)N(Cc1ccc(F)cc1)C(=O)CN(c1ccc(C)c(Cl)c1)S(=O)(=O)c1ccccc1. The molecule has 0 spiro atoms. The van der Waals surface area contributed by atoms with Gasteiger partial charge in [-0.05, 0) is 68.3 Å². The molecule has 7 nitrogen and oxygen atoms in total. The highest BCUT2D eigenvalue weighted by molar-refractivity contribution is 7.92. The van der Waals surface area contributed by atoms with Gasteiger partial charge in [0.25, 0.3) is 10.0 Å². The molecule has 1 N–H and O–H groups in total. The van der Waals surface area contributed by atoms with Crippen molar-refractivity contribution >= 4 is 39.1 Å². The Morgan fingerprint density at radius 1 is 1.03 bits per heavy atom. The van der Waals surface area contributed by atoms with Crippen LogP contribution in [-0.4, -0.2) is 44.3 Å². The predicted octanol–water partition coefficient (Wildman–Crippen LogP) is 4.54. The van der Waals surface area contributed by atoms with Crippen LogP contribution in [-0.2, 0) is 26.2 Å². The Morgan fingerprint density at radius 2 is 1.68 bits per heavy atom. The van der Waals surface area contributed by atoms with Gasteiger partial charge < -0.3 is 10.2 Å². The maximum atomic E-state index is 13.7. The maximum absolute atomic E-state index is 13.7. The summed E-state index contributed by atoms with van der Waals surface area (Å²) in [6.45, 7) is 4.86. The third kappa shape index (κ3) is 6.87. The molecular formula is C27H29ClFN3O4S. The number of amides is 2. The Labute approximate surface area is 221 Å². The van der Waals surface area contributed by atoms with E-state index in [2.05, 4.69) is 5.32 Å². The minimum Gasteiger partial charge on any atom is -0.355 e. The number of nitrogens with one attached hydrogen (secondary N) is 1. The van der Waals surface area contributed by atoms with Gasteiger partial charge in [-0.1, -0.05) is 48.0 Å². The number of hydrogen-bond donors (Lipinski definition) is 1. The molecule has 0 aliphatic carbocycles. The zero-order valence-corrected chi connectivity index (χ0v) is 22.4. The molecule has 0 fully saturated rings. The summed E-state index contributed by atoms with van der Waals surface area (Å²) < 4.78 is 41.8. The first kappa shape index (κ1) is 28.1.